The lowest BCUT2D eigenvalue weighted by Crippen LogP contribution is -2.58. The van der Waals surface area contributed by atoms with Gasteiger partial charge in [0.1, 0.15) is 0 Å². The van der Waals surface area contributed by atoms with E-state index in [1.165, 1.54) is 0 Å². The van der Waals surface area contributed by atoms with Gasteiger partial charge in [0.2, 0.25) is 0 Å². The van der Waals surface area contributed by atoms with Crippen LogP contribution in [0.15, 0.2) is 18.2 Å². The number of hydrogen-bond acceptors (Lipinski definition) is 3. The van der Waals surface area contributed by atoms with E-state index < -0.39 is 9.70 Å². The number of alkyl halides is 3. The summed E-state index contributed by atoms with van der Waals surface area (Å²) in [5, 5.41) is 0. The second kappa shape index (κ2) is 4.07. The smallest absolute Gasteiger partial charge is 0.360 e. The molecule has 1 aliphatic heterocycles. The summed E-state index contributed by atoms with van der Waals surface area (Å²) in [6.07, 6.45) is 0. The van der Waals surface area contributed by atoms with Crippen molar-refractivity contribution < 1.29 is 9.47 Å². The van der Waals surface area contributed by atoms with Crippen LogP contribution in [0.2, 0.25) is 0 Å². The van der Waals surface area contributed by atoms with E-state index in [-0.39, 0.29) is 5.41 Å². The highest BCUT2D eigenvalue weighted by molar-refractivity contribution is 6.68. The van der Waals surface area contributed by atoms with Crippen molar-refractivity contribution in [3.05, 3.63) is 23.8 Å². The first-order valence-corrected chi connectivity index (χ1v) is 6.54. The monoisotopic (exact) mass is 309 g/mol. The van der Waals surface area contributed by atoms with Gasteiger partial charge >= 0.3 is 5.91 Å². The Morgan fingerprint density at radius 3 is 2.11 bits per heavy atom. The highest BCUT2D eigenvalue weighted by Gasteiger charge is 2.55. The number of halogens is 3. The van der Waals surface area contributed by atoms with Crippen molar-refractivity contribution in [2.24, 2.45) is 5.73 Å². The molecule has 6 heteroatoms. The average molecular weight is 311 g/mol. The van der Waals surface area contributed by atoms with Gasteiger partial charge in [-0.3, -0.25) is 5.73 Å². The Kier molecular flexibility index (Phi) is 3.18. The molecule has 100 valence electrons. The van der Waals surface area contributed by atoms with E-state index >= 15 is 0 Å². The molecule has 3 nitrogen and oxygen atoms in total. The summed E-state index contributed by atoms with van der Waals surface area (Å²) in [5.74, 6) is -0.843. The van der Waals surface area contributed by atoms with Crippen molar-refractivity contribution in [2.45, 2.75) is 35.9 Å². The largest absolute Gasteiger partial charge is 0.433 e. The van der Waals surface area contributed by atoms with Gasteiger partial charge in [0.15, 0.2) is 11.5 Å². The summed E-state index contributed by atoms with van der Waals surface area (Å²) in [7, 11) is 0. The third-order valence-electron chi connectivity index (χ3n) is 2.73. The van der Waals surface area contributed by atoms with Gasteiger partial charge in [0.05, 0.1) is 0 Å². The lowest BCUT2D eigenvalue weighted by atomic mass is 9.87. The first-order chi connectivity index (χ1) is 8.03. The van der Waals surface area contributed by atoms with Crippen molar-refractivity contribution >= 4 is 34.8 Å². The van der Waals surface area contributed by atoms with Gasteiger partial charge in [-0.15, -0.1) is 0 Å². The second-order valence-corrected chi connectivity index (χ2v) is 7.56. The minimum atomic E-state index is -1.88. The van der Waals surface area contributed by atoms with Gasteiger partial charge < -0.3 is 9.47 Å². The van der Waals surface area contributed by atoms with Crippen LogP contribution in [0.5, 0.6) is 11.5 Å². The number of fused-ring (bicyclic) bond motifs is 1. The first kappa shape index (κ1) is 14.1. The molecule has 2 N–H and O–H groups in total. The second-order valence-electron chi connectivity index (χ2n) is 5.28. The normalized spacial score (nSPS) is 23.3. The Labute approximate surface area is 121 Å². The highest BCUT2D eigenvalue weighted by atomic mass is 35.6. The molecular weight excluding hydrogens is 296 g/mol. The van der Waals surface area contributed by atoms with Crippen molar-refractivity contribution in [3.8, 4) is 11.5 Å². The van der Waals surface area contributed by atoms with Crippen LogP contribution in [0.3, 0.4) is 0 Å². The van der Waals surface area contributed by atoms with E-state index in [1.54, 1.807) is 6.07 Å². The Morgan fingerprint density at radius 1 is 1.06 bits per heavy atom. The predicted molar refractivity (Wildman–Crippen MR) is 73.6 cm³/mol. The maximum absolute atomic E-state index is 5.81. The summed E-state index contributed by atoms with van der Waals surface area (Å²) >= 11 is 17.3. The summed E-state index contributed by atoms with van der Waals surface area (Å²) in [6.45, 7) is 6.28. The zero-order valence-corrected chi connectivity index (χ0v) is 12.5. The molecule has 18 heavy (non-hydrogen) atoms. The summed E-state index contributed by atoms with van der Waals surface area (Å²) < 4.78 is 8.96. The number of ether oxygens (including phenoxy) is 2. The molecular formula is C12H14Cl3NO2. The van der Waals surface area contributed by atoms with Crippen molar-refractivity contribution in [2.75, 3.05) is 0 Å². The van der Waals surface area contributed by atoms with Crippen LogP contribution in [0.1, 0.15) is 26.3 Å². The molecule has 1 aromatic rings. The van der Waals surface area contributed by atoms with Gasteiger partial charge in [0.25, 0.3) is 3.79 Å². The van der Waals surface area contributed by atoms with Gasteiger partial charge in [0, 0.05) is 0 Å². The summed E-state index contributed by atoms with van der Waals surface area (Å²) in [6, 6.07) is 5.55. The molecule has 1 aromatic carbocycles. The fourth-order valence-electron chi connectivity index (χ4n) is 1.60. The van der Waals surface area contributed by atoms with Crippen molar-refractivity contribution in [3.63, 3.8) is 0 Å². The van der Waals surface area contributed by atoms with Crippen molar-refractivity contribution in [1.29, 1.82) is 0 Å². The Hall–Kier alpha value is -0.350. The molecule has 0 saturated heterocycles. The van der Waals surface area contributed by atoms with Crippen LogP contribution >= 0.6 is 34.8 Å². The molecule has 0 amide bonds. The molecule has 1 atom stereocenters. The lowest BCUT2D eigenvalue weighted by molar-refractivity contribution is -0.0694. The third kappa shape index (κ3) is 2.37. The molecule has 0 spiro atoms. The van der Waals surface area contributed by atoms with E-state index in [2.05, 4.69) is 20.8 Å². The average Bonchev–Trinajstić information content (AvgIpc) is 2.51. The number of rotatable bonds is 0. The molecule has 1 aliphatic rings. The van der Waals surface area contributed by atoms with Crippen molar-refractivity contribution in [1.82, 2.24) is 0 Å². The minimum Gasteiger partial charge on any atom is -0.433 e. The molecule has 1 heterocycles. The van der Waals surface area contributed by atoms with E-state index in [9.17, 15) is 0 Å². The quantitative estimate of drug-likeness (QED) is 0.742. The Morgan fingerprint density at radius 2 is 1.61 bits per heavy atom. The van der Waals surface area contributed by atoms with Gasteiger partial charge in [-0.1, -0.05) is 61.6 Å². The van der Waals surface area contributed by atoms with E-state index in [0.29, 0.717) is 11.5 Å². The zero-order valence-electron chi connectivity index (χ0n) is 10.3. The van der Waals surface area contributed by atoms with E-state index in [1.807, 2.05) is 12.1 Å². The molecule has 0 saturated carbocycles. The Bertz CT molecular complexity index is 479. The van der Waals surface area contributed by atoms with Crippen LogP contribution in [-0.4, -0.2) is 9.70 Å². The predicted octanol–water partition coefficient (Wildman–Crippen LogP) is 3.74. The molecule has 0 fully saturated rings. The maximum atomic E-state index is 5.81. The fourth-order valence-corrected chi connectivity index (χ4v) is 1.83. The van der Waals surface area contributed by atoms with E-state index in [0.717, 1.165) is 5.56 Å². The minimum absolute atomic E-state index is 0.0157. The van der Waals surface area contributed by atoms with Crippen LogP contribution in [0.4, 0.5) is 0 Å². The van der Waals surface area contributed by atoms with Crippen LogP contribution in [0, 0.1) is 0 Å². The number of hydrogen-bond donors (Lipinski definition) is 1. The standard InChI is InChI=1S/C12H14Cl3NO2/c1-10(2,3)7-4-5-8-9(6-7)18-12(16,17-8)11(13,14)15/h4-6H,16H2,1-3H3. The van der Waals surface area contributed by atoms with E-state index in [4.69, 9.17) is 50.0 Å². The van der Waals surface area contributed by atoms with Crippen LogP contribution in [-0.2, 0) is 5.41 Å². The molecule has 0 radical (unpaired) electrons. The maximum Gasteiger partial charge on any atom is 0.360 e. The highest BCUT2D eigenvalue weighted by Crippen LogP contribution is 2.48. The molecule has 1 unspecified atom stereocenters. The molecule has 2 rings (SSSR count). The molecule has 0 bridgehead atoms. The summed E-state index contributed by atoms with van der Waals surface area (Å²) in [5.41, 5.74) is 6.87. The number of nitrogens with two attached hydrogens (primary N) is 1. The van der Waals surface area contributed by atoms with Gasteiger partial charge in [-0.05, 0) is 23.1 Å². The molecule has 0 aliphatic carbocycles. The SMILES string of the molecule is CC(C)(C)c1ccc2c(c1)OC(N)(C(Cl)(Cl)Cl)O2. The van der Waals surface area contributed by atoms with Gasteiger partial charge in [-0.2, -0.15) is 0 Å². The zero-order chi connectivity index (χ0) is 13.8. The number of benzene rings is 1. The van der Waals surface area contributed by atoms with Crippen LogP contribution in [0.25, 0.3) is 0 Å². The lowest BCUT2D eigenvalue weighted by Gasteiger charge is -2.28. The summed E-state index contributed by atoms with van der Waals surface area (Å²) in [4.78, 5) is 0. The molecule has 0 aromatic heterocycles. The Balaban J connectivity index is 2.37. The fraction of sp³-hybridized carbons (Fsp3) is 0.500. The third-order valence-corrected chi connectivity index (χ3v) is 3.52. The first-order valence-electron chi connectivity index (χ1n) is 5.41. The van der Waals surface area contributed by atoms with Gasteiger partial charge in [-0.25, -0.2) is 0 Å². The van der Waals surface area contributed by atoms with Crippen LogP contribution < -0.4 is 15.2 Å². The topological polar surface area (TPSA) is 44.5 Å².